The summed E-state index contributed by atoms with van der Waals surface area (Å²) in [6.45, 7) is 1.16. The molecule has 1 fully saturated rings. The molecule has 2 unspecified atom stereocenters. The Hall–Kier alpha value is -0.640. The maximum atomic E-state index is 11.3. The van der Waals surface area contributed by atoms with E-state index in [-0.39, 0.29) is 12.5 Å². The number of likely N-dealkylation sites (N-methyl/N-ethyl adjacent to an activating group) is 1. The lowest BCUT2D eigenvalue weighted by Gasteiger charge is -2.45. The highest BCUT2D eigenvalue weighted by atomic mass is 127. The molecule has 1 N–H and O–H groups in total. The summed E-state index contributed by atoms with van der Waals surface area (Å²) in [5.41, 5.74) is 4.04. The number of benzene rings is 1. The van der Waals surface area contributed by atoms with Crippen LogP contribution in [0.2, 0.25) is 0 Å². The zero-order valence-corrected chi connectivity index (χ0v) is 16.7. The number of aromatic nitrogens is 1. The third-order valence-electron chi connectivity index (χ3n) is 5.40. The molecule has 24 heavy (non-hydrogen) atoms. The normalized spacial score (nSPS) is 27.4. The molecule has 0 spiro atoms. The lowest BCUT2D eigenvalue weighted by molar-refractivity contribution is 0.0855. The molecule has 1 aromatic heterocycles. The number of nitrogens with one attached hydrogen (secondary N) is 1. The molecule has 0 saturated carbocycles. The van der Waals surface area contributed by atoms with Gasteiger partial charge in [-0.3, -0.25) is 4.18 Å². The predicted molar refractivity (Wildman–Crippen MR) is 103 cm³/mol. The number of H-pyrrole nitrogens is 1. The van der Waals surface area contributed by atoms with E-state index in [0.717, 1.165) is 25.6 Å². The van der Waals surface area contributed by atoms with Gasteiger partial charge in [0, 0.05) is 29.4 Å². The van der Waals surface area contributed by atoms with Gasteiger partial charge in [-0.1, -0.05) is 12.1 Å². The van der Waals surface area contributed by atoms with Crippen molar-refractivity contribution in [3.05, 3.63) is 33.0 Å². The van der Waals surface area contributed by atoms with Gasteiger partial charge in [0.2, 0.25) is 0 Å². The number of likely N-dealkylation sites (tertiary alicyclic amines) is 1. The van der Waals surface area contributed by atoms with E-state index in [1.165, 1.54) is 25.7 Å². The monoisotopic (exact) mass is 460 g/mol. The van der Waals surface area contributed by atoms with Crippen molar-refractivity contribution >= 4 is 43.6 Å². The fourth-order valence-electron chi connectivity index (χ4n) is 4.44. The number of halogens is 1. The molecule has 0 amide bonds. The van der Waals surface area contributed by atoms with E-state index in [9.17, 15) is 8.42 Å². The van der Waals surface area contributed by atoms with Gasteiger partial charge in [-0.2, -0.15) is 8.42 Å². The first-order valence-corrected chi connectivity index (χ1v) is 11.1. The molecular formula is C17H21IN2O3S. The van der Waals surface area contributed by atoms with Gasteiger partial charge in [0.25, 0.3) is 10.1 Å². The van der Waals surface area contributed by atoms with Gasteiger partial charge < -0.3 is 9.88 Å². The third kappa shape index (κ3) is 2.89. The second-order valence-electron chi connectivity index (χ2n) is 7.10. The van der Waals surface area contributed by atoms with Crippen molar-refractivity contribution in [2.75, 3.05) is 26.5 Å². The Bertz CT molecular complexity index is 893. The Morgan fingerprint density at radius 3 is 2.96 bits per heavy atom. The molecule has 1 aliphatic heterocycles. The molecule has 0 bridgehead atoms. The lowest BCUT2D eigenvalue weighted by atomic mass is 9.72. The van der Waals surface area contributed by atoms with Crippen LogP contribution in [0.1, 0.15) is 23.5 Å². The van der Waals surface area contributed by atoms with Gasteiger partial charge >= 0.3 is 0 Å². The van der Waals surface area contributed by atoms with Crippen LogP contribution in [0.15, 0.2) is 18.2 Å². The van der Waals surface area contributed by atoms with E-state index < -0.39 is 10.1 Å². The first-order chi connectivity index (χ1) is 11.3. The van der Waals surface area contributed by atoms with Crippen LogP contribution in [0.25, 0.3) is 10.9 Å². The maximum absolute atomic E-state index is 11.3. The highest BCUT2D eigenvalue weighted by Crippen LogP contribution is 2.45. The zero-order chi connectivity index (χ0) is 17.1. The minimum Gasteiger partial charge on any atom is -0.350 e. The van der Waals surface area contributed by atoms with Crippen molar-refractivity contribution in [2.24, 2.45) is 5.92 Å². The van der Waals surface area contributed by atoms with Crippen molar-refractivity contribution in [3.8, 4) is 0 Å². The maximum Gasteiger partial charge on any atom is 0.264 e. The summed E-state index contributed by atoms with van der Waals surface area (Å²) >= 11 is 2.40. The number of hydrogen-bond acceptors (Lipinski definition) is 4. The molecule has 2 heterocycles. The molecule has 4 rings (SSSR count). The standard InChI is InChI=1S/C17H21IN2O3S/c1-20-8-10(9-23-24(2,21)22)6-12-11-4-3-5-14-16(11)13(7-15(12)20)17(18)19-14/h3-5,10,12,15,19H,6-9H2,1-2H3/t10?,12?,15-/m1/s1. The van der Waals surface area contributed by atoms with Gasteiger partial charge in [0.1, 0.15) is 0 Å². The van der Waals surface area contributed by atoms with Crippen LogP contribution in [0, 0.1) is 9.62 Å². The van der Waals surface area contributed by atoms with Crippen molar-refractivity contribution in [3.63, 3.8) is 0 Å². The second-order valence-corrected chi connectivity index (χ2v) is 9.82. The van der Waals surface area contributed by atoms with Crippen LogP contribution in [0.5, 0.6) is 0 Å². The molecule has 1 aromatic carbocycles. The van der Waals surface area contributed by atoms with Gasteiger partial charge in [-0.05, 0) is 65.6 Å². The summed E-state index contributed by atoms with van der Waals surface area (Å²) in [7, 11) is -1.23. The molecule has 130 valence electrons. The minimum absolute atomic E-state index is 0.237. The average Bonchev–Trinajstić information content (AvgIpc) is 2.83. The van der Waals surface area contributed by atoms with Crippen molar-refractivity contribution in [1.82, 2.24) is 9.88 Å². The molecular weight excluding hydrogens is 439 g/mol. The number of rotatable bonds is 3. The Balaban J connectivity index is 1.69. The molecule has 1 saturated heterocycles. The van der Waals surface area contributed by atoms with E-state index in [1.54, 1.807) is 0 Å². The molecule has 5 nitrogen and oxygen atoms in total. The summed E-state index contributed by atoms with van der Waals surface area (Å²) < 4.78 is 29.0. The summed E-state index contributed by atoms with van der Waals surface area (Å²) in [6, 6.07) is 6.97. The number of piperidine rings is 1. The SMILES string of the molecule is CN1CC(COS(C)(=O)=O)CC2c3cccc4[nH]c(I)c(c34)C[C@H]21. The summed E-state index contributed by atoms with van der Waals surface area (Å²) in [5, 5.41) is 1.38. The minimum atomic E-state index is -3.38. The van der Waals surface area contributed by atoms with Crippen molar-refractivity contribution in [2.45, 2.75) is 24.8 Å². The van der Waals surface area contributed by atoms with Crippen molar-refractivity contribution in [1.29, 1.82) is 0 Å². The first-order valence-electron chi connectivity index (χ1n) is 8.17. The van der Waals surface area contributed by atoms with E-state index in [4.69, 9.17) is 4.18 Å². The Morgan fingerprint density at radius 2 is 2.21 bits per heavy atom. The number of fused-ring (bicyclic) bond motifs is 2. The Morgan fingerprint density at radius 1 is 1.42 bits per heavy atom. The van der Waals surface area contributed by atoms with Crippen LogP contribution < -0.4 is 0 Å². The van der Waals surface area contributed by atoms with E-state index >= 15 is 0 Å². The van der Waals surface area contributed by atoms with Gasteiger partial charge in [-0.15, -0.1) is 0 Å². The zero-order valence-electron chi connectivity index (χ0n) is 13.8. The highest BCUT2D eigenvalue weighted by Gasteiger charge is 2.40. The molecule has 3 atom stereocenters. The van der Waals surface area contributed by atoms with Crippen LogP contribution in [-0.4, -0.2) is 50.8 Å². The first kappa shape index (κ1) is 16.8. The third-order valence-corrected chi connectivity index (χ3v) is 6.89. The van der Waals surface area contributed by atoms with E-state index in [1.807, 2.05) is 0 Å². The lowest BCUT2D eigenvalue weighted by Crippen LogP contribution is -2.48. The smallest absolute Gasteiger partial charge is 0.264 e. The second kappa shape index (κ2) is 5.96. The summed E-state index contributed by atoms with van der Waals surface area (Å²) in [6.07, 6.45) is 3.15. The van der Waals surface area contributed by atoms with E-state index in [0.29, 0.717) is 12.0 Å². The number of hydrogen-bond donors (Lipinski definition) is 1. The molecule has 0 radical (unpaired) electrons. The van der Waals surface area contributed by atoms with Gasteiger partial charge in [0.15, 0.2) is 0 Å². The highest BCUT2D eigenvalue weighted by molar-refractivity contribution is 14.1. The predicted octanol–water partition coefficient (Wildman–Crippen LogP) is 2.71. The molecule has 2 aromatic rings. The van der Waals surface area contributed by atoms with Crippen LogP contribution in [-0.2, 0) is 20.7 Å². The Kier molecular flexibility index (Phi) is 4.18. The van der Waals surface area contributed by atoms with Gasteiger partial charge in [-0.25, -0.2) is 0 Å². The van der Waals surface area contributed by atoms with Crippen LogP contribution >= 0.6 is 22.6 Å². The quantitative estimate of drug-likeness (QED) is 0.566. The average molecular weight is 460 g/mol. The Labute approximate surface area is 156 Å². The summed E-state index contributed by atoms with van der Waals surface area (Å²) in [5.74, 6) is 0.667. The summed E-state index contributed by atoms with van der Waals surface area (Å²) in [4.78, 5) is 5.89. The van der Waals surface area contributed by atoms with E-state index in [2.05, 4.69) is 57.7 Å². The largest absolute Gasteiger partial charge is 0.350 e. The topological polar surface area (TPSA) is 62.4 Å². The molecule has 7 heteroatoms. The number of nitrogens with zero attached hydrogens (tertiary/aromatic N) is 1. The molecule has 2 aliphatic rings. The van der Waals surface area contributed by atoms with Gasteiger partial charge in [0.05, 0.1) is 16.6 Å². The fourth-order valence-corrected chi connectivity index (χ4v) is 5.66. The number of aromatic amines is 1. The van der Waals surface area contributed by atoms with Crippen LogP contribution in [0.3, 0.4) is 0 Å². The van der Waals surface area contributed by atoms with Crippen LogP contribution in [0.4, 0.5) is 0 Å². The van der Waals surface area contributed by atoms with Crippen molar-refractivity contribution < 1.29 is 12.6 Å². The fraction of sp³-hybridized carbons (Fsp3) is 0.529. The molecule has 1 aliphatic carbocycles.